The van der Waals surface area contributed by atoms with E-state index in [2.05, 4.69) is 54.7 Å². The molecule has 1 atom stereocenters. The minimum absolute atomic E-state index is 0.281. The first-order valence-corrected chi connectivity index (χ1v) is 8.40. The number of ether oxygens (including phenoxy) is 1. The molecule has 0 fully saturated rings. The van der Waals surface area contributed by atoms with E-state index in [1.807, 2.05) is 30.9 Å². The molecule has 21 heavy (non-hydrogen) atoms. The van der Waals surface area contributed by atoms with E-state index in [1.165, 1.54) is 10.5 Å². The smallest absolute Gasteiger partial charge is 0.124 e. The molecule has 0 spiro atoms. The van der Waals surface area contributed by atoms with Gasteiger partial charge in [0.2, 0.25) is 0 Å². The molecule has 2 aromatic rings. The molecule has 0 bridgehead atoms. The molecule has 2 rings (SSSR count). The number of benzene rings is 2. The Bertz CT molecular complexity index is 530. The van der Waals surface area contributed by atoms with Crippen molar-refractivity contribution in [2.75, 3.05) is 19.4 Å². The summed E-state index contributed by atoms with van der Waals surface area (Å²) in [4.78, 5) is 1.30. The lowest BCUT2D eigenvalue weighted by molar-refractivity contribution is 0.311. The third kappa shape index (κ3) is 4.80. The van der Waals surface area contributed by atoms with Crippen LogP contribution in [0.15, 0.2) is 59.5 Å². The highest BCUT2D eigenvalue weighted by Gasteiger charge is 2.14. The zero-order valence-electron chi connectivity index (χ0n) is 12.7. The molecule has 0 aliphatic rings. The van der Waals surface area contributed by atoms with Crippen molar-refractivity contribution in [3.05, 3.63) is 60.2 Å². The highest BCUT2D eigenvalue weighted by Crippen LogP contribution is 2.30. The van der Waals surface area contributed by atoms with Gasteiger partial charge in [-0.1, -0.05) is 43.3 Å². The van der Waals surface area contributed by atoms with Crippen LogP contribution in [-0.2, 0) is 0 Å². The van der Waals surface area contributed by atoms with Crippen LogP contribution < -0.4 is 10.1 Å². The predicted octanol–water partition coefficient (Wildman–Crippen LogP) is 4.53. The molecule has 0 heterocycles. The van der Waals surface area contributed by atoms with Crippen molar-refractivity contribution in [1.29, 1.82) is 0 Å². The third-order valence-electron chi connectivity index (χ3n) is 3.26. The summed E-state index contributed by atoms with van der Waals surface area (Å²) in [5.41, 5.74) is 1.23. The molecule has 0 aliphatic heterocycles. The third-order valence-corrected chi connectivity index (χ3v) is 4.37. The first-order valence-electron chi connectivity index (χ1n) is 7.42. The number of hydrogen-bond acceptors (Lipinski definition) is 3. The minimum Gasteiger partial charge on any atom is -0.493 e. The van der Waals surface area contributed by atoms with E-state index in [4.69, 9.17) is 4.74 Å². The number of para-hydroxylation sites is 1. The van der Waals surface area contributed by atoms with Crippen molar-refractivity contribution < 1.29 is 4.74 Å². The van der Waals surface area contributed by atoms with E-state index in [-0.39, 0.29) is 6.04 Å². The molecule has 0 aliphatic carbocycles. The Balaban J connectivity index is 2.06. The van der Waals surface area contributed by atoms with Gasteiger partial charge in [-0.25, -0.2) is 0 Å². The Kier molecular flexibility index (Phi) is 6.64. The van der Waals surface area contributed by atoms with Gasteiger partial charge in [0, 0.05) is 22.3 Å². The van der Waals surface area contributed by atoms with Crippen molar-refractivity contribution in [3.63, 3.8) is 0 Å². The molecule has 0 saturated carbocycles. The highest BCUT2D eigenvalue weighted by atomic mass is 32.2. The van der Waals surface area contributed by atoms with E-state index >= 15 is 0 Å². The summed E-state index contributed by atoms with van der Waals surface area (Å²) in [6.45, 7) is 2.89. The molecule has 2 aromatic carbocycles. The van der Waals surface area contributed by atoms with Gasteiger partial charge >= 0.3 is 0 Å². The Morgan fingerprint density at radius 2 is 1.76 bits per heavy atom. The zero-order valence-corrected chi connectivity index (χ0v) is 13.5. The van der Waals surface area contributed by atoms with Gasteiger partial charge < -0.3 is 10.1 Å². The molecule has 0 radical (unpaired) electrons. The molecule has 0 aromatic heterocycles. The maximum Gasteiger partial charge on any atom is 0.124 e. The predicted molar refractivity (Wildman–Crippen MR) is 91.2 cm³/mol. The van der Waals surface area contributed by atoms with E-state index in [9.17, 15) is 0 Å². The molecular formula is C18H23NOS. The van der Waals surface area contributed by atoms with Crippen LogP contribution in [0.4, 0.5) is 0 Å². The molecule has 1 N–H and O–H groups in total. The molecule has 112 valence electrons. The van der Waals surface area contributed by atoms with Crippen LogP contribution >= 0.6 is 11.8 Å². The average Bonchev–Trinajstić information content (AvgIpc) is 2.55. The summed E-state index contributed by atoms with van der Waals surface area (Å²) in [5.74, 6) is 1.97. The van der Waals surface area contributed by atoms with Crippen molar-refractivity contribution >= 4 is 11.8 Å². The summed E-state index contributed by atoms with van der Waals surface area (Å²) in [6.07, 6.45) is 1.03. The normalized spacial score (nSPS) is 12.1. The van der Waals surface area contributed by atoms with Crippen molar-refractivity contribution in [2.24, 2.45) is 0 Å². The fraction of sp³-hybridized carbons (Fsp3) is 0.333. The second-order valence-corrected chi connectivity index (χ2v) is 5.95. The van der Waals surface area contributed by atoms with E-state index < -0.39 is 0 Å². The summed E-state index contributed by atoms with van der Waals surface area (Å²) < 4.78 is 5.87. The number of thioether (sulfide) groups is 1. The standard InChI is InChI=1S/C18H23NOS/c1-3-13-20-18-12-8-7-11-16(18)17(19-2)14-21-15-9-5-4-6-10-15/h4-12,17,19H,3,13-14H2,1-2H3. The average molecular weight is 301 g/mol. The van der Waals surface area contributed by atoms with Crippen LogP contribution in [0, 0.1) is 0 Å². The molecule has 0 saturated heterocycles. The SMILES string of the molecule is CCCOc1ccccc1C(CSc1ccccc1)NC. The van der Waals surface area contributed by atoms with Gasteiger partial charge in [0.15, 0.2) is 0 Å². The Morgan fingerprint density at radius 3 is 2.48 bits per heavy atom. The molecule has 2 nitrogen and oxygen atoms in total. The van der Waals surface area contributed by atoms with Gasteiger partial charge in [-0.3, -0.25) is 0 Å². The monoisotopic (exact) mass is 301 g/mol. The molecule has 3 heteroatoms. The van der Waals surface area contributed by atoms with Crippen LogP contribution in [0.5, 0.6) is 5.75 Å². The number of rotatable bonds is 8. The summed E-state index contributed by atoms with van der Waals surface area (Å²) >= 11 is 1.86. The van der Waals surface area contributed by atoms with Crippen molar-refractivity contribution in [3.8, 4) is 5.75 Å². The van der Waals surface area contributed by atoms with E-state index in [0.29, 0.717) is 0 Å². The van der Waals surface area contributed by atoms with Crippen LogP contribution in [0.2, 0.25) is 0 Å². The molecule has 1 unspecified atom stereocenters. The second-order valence-electron chi connectivity index (χ2n) is 4.85. The van der Waals surface area contributed by atoms with Gasteiger partial charge in [-0.15, -0.1) is 11.8 Å². The Labute approximate surface area is 131 Å². The Hall–Kier alpha value is -1.45. The zero-order chi connectivity index (χ0) is 14.9. The van der Waals surface area contributed by atoms with E-state index in [1.54, 1.807) is 0 Å². The van der Waals surface area contributed by atoms with Gasteiger partial charge in [0.05, 0.1) is 6.61 Å². The minimum atomic E-state index is 0.281. The second kappa shape index (κ2) is 8.75. The van der Waals surface area contributed by atoms with Gasteiger partial charge in [-0.05, 0) is 31.7 Å². The highest BCUT2D eigenvalue weighted by molar-refractivity contribution is 7.99. The number of hydrogen-bond donors (Lipinski definition) is 1. The van der Waals surface area contributed by atoms with Crippen LogP contribution in [0.3, 0.4) is 0 Å². The lowest BCUT2D eigenvalue weighted by atomic mass is 10.1. The fourth-order valence-corrected chi connectivity index (χ4v) is 3.19. The molecular weight excluding hydrogens is 278 g/mol. The van der Waals surface area contributed by atoms with Crippen molar-refractivity contribution in [1.82, 2.24) is 5.32 Å². The maximum atomic E-state index is 5.87. The van der Waals surface area contributed by atoms with Gasteiger partial charge in [-0.2, -0.15) is 0 Å². The molecule has 0 amide bonds. The first-order chi connectivity index (χ1) is 10.3. The van der Waals surface area contributed by atoms with Crippen LogP contribution in [0.1, 0.15) is 24.9 Å². The summed E-state index contributed by atoms with van der Waals surface area (Å²) in [6, 6.07) is 19.1. The van der Waals surface area contributed by atoms with Crippen LogP contribution in [0.25, 0.3) is 0 Å². The summed E-state index contributed by atoms with van der Waals surface area (Å²) in [5, 5.41) is 3.40. The Morgan fingerprint density at radius 1 is 1.05 bits per heavy atom. The largest absolute Gasteiger partial charge is 0.493 e. The number of nitrogens with one attached hydrogen (secondary N) is 1. The summed E-state index contributed by atoms with van der Waals surface area (Å²) in [7, 11) is 2.01. The van der Waals surface area contributed by atoms with Gasteiger partial charge in [0.25, 0.3) is 0 Å². The quantitative estimate of drug-likeness (QED) is 0.724. The lowest BCUT2D eigenvalue weighted by Crippen LogP contribution is -2.19. The van der Waals surface area contributed by atoms with E-state index in [0.717, 1.165) is 24.5 Å². The maximum absolute atomic E-state index is 5.87. The van der Waals surface area contributed by atoms with Crippen molar-refractivity contribution in [2.45, 2.75) is 24.3 Å². The van der Waals surface area contributed by atoms with Gasteiger partial charge in [0.1, 0.15) is 5.75 Å². The lowest BCUT2D eigenvalue weighted by Gasteiger charge is -2.20. The fourth-order valence-electron chi connectivity index (χ4n) is 2.14. The van der Waals surface area contributed by atoms with Crippen LogP contribution in [-0.4, -0.2) is 19.4 Å². The topological polar surface area (TPSA) is 21.3 Å². The first kappa shape index (κ1) is 15.9.